The zero-order chi connectivity index (χ0) is 26.8. The number of rotatable bonds is 4. The fourth-order valence-electron chi connectivity index (χ4n) is 6.56. The van der Waals surface area contributed by atoms with Gasteiger partial charge in [0.25, 0.3) is 0 Å². The predicted molar refractivity (Wildman–Crippen MR) is 168 cm³/mol. The molecule has 0 spiro atoms. The summed E-state index contributed by atoms with van der Waals surface area (Å²) in [5.74, 6) is 0.429. The van der Waals surface area contributed by atoms with Gasteiger partial charge in [0.1, 0.15) is 0 Å². The first-order valence-electron chi connectivity index (χ1n) is 13.5. The second-order valence-electron chi connectivity index (χ2n) is 10.5. The number of benzene rings is 5. The Morgan fingerprint density at radius 3 is 1.86 bits per heavy atom. The number of halogens is 4. The van der Waals surface area contributed by atoms with Gasteiger partial charge in [0.15, 0.2) is 0 Å². The van der Waals surface area contributed by atoms with Crippen LogP contribution in [0.2, 0.25) is 10.0 Å². The zero-order valence-corrected chi connectivity index (χ0v) is 28.6. The van der Waals surface area contributed by atoms with E-state index >= 15 is 0 Å². The van der Waals surface area contributed by atoms with Crippen LogP contribution in [0.1, 0.15) is 45.2 Å². The molecule has 0 saturated heterocycles. The van der Waals surface area contributed by atoms with E-state index in [-0.39, 0.29) is 36.6 Å². The molecule has 0 N–H and O–H groups in total. The van der Waals surface area contributed by atoms with Gasteiger partial charge in [0.05, 0.1) is 0 Å². The van der Waals surface area contributed by atoms with Crippen molar-refractivity contribution in [2.45, 2.75) is 11.8 Å². The van der Waals surface area contributed by atoms with Crippen LogP contribution >= 0.6 is 31.1 Å². The molecular weight excluding hydrogens is 696 g/mol. The molecule has 0 fully saturated rings. The second kappa shape index (κ2) is 12.2. The molecule has 2 aliphatic heterocycles. The van der Waals surface area contributed by atoms with E-state index in [1.54, 1.807) is 6.56 Å². The topological polar surface area (TPSA) is 0 Å². The summed E-state index contributed by atoms with van der Waals surface area (Å²) in [6.45, 7) is 0. The largest absolute Gasteiger partial charge is 1.00 e. The van der Waals surface area contributed by atoms with E-state index in [4.69, 9.17) is 23.2 Å². The normalized spacial score (nSPS) is 18.8. The molecule has 0 nitrogen and oxygen atoms in total. The molecule has 204 valence electrons. The molecule has 9 rings (SSSR count). The average Bonchev–Trinajstić information content (AvgIpc) is 3.57. The maximum Gasteiger partial charge on any atom is -1.00 e. The summed E-state index contributed by atoms with van der Waals surface area (Å²) in [4.78, 5) is 0. The summed E-state index contributed by atoms with van der Waals surface area (Å²) in [6.07, 6.45) is 4.98. The Morgan fingerprint density at radius 2 is 1.12 bits per heavy atom. The minimum Gasteiger partial charge on any atom is -1.00 e. The Kier molecular flexibility index (Phi) is 8.75. The fraction of sp³-hybridized carbons (Fsp3) is 0.0556. The third-order valence-electron chi connectivity index (χ3n) is 8.27. The van der Waals surface area contributed by atoms with E-state index in [1.165, 1.54) is 49.3 Å². The van der Waals surface area contributed by atoms with Crippen LogP contribution < -0.4 is 40.7 Å². The van der Waals surface area contributed by atoms with Crippen molar-refractivity contribution in [1.82, 2.24) is 0 Å². The van der Waals surface area contributed by atoms with Crippen LogP contribution in [0.5, 0.6) is 0 Å². The fourth-order valence-corrected chi connectivity index (χ4v) is 13.7. The molecule has 4 aliphatic rings. The van der Waals surface area contributed by atoms with E-state index in [1.807, 2.05) is 6.07 Å². The number of hydrogen-bond donors (Lipinski definition) is 0. The summed E-state index contributed by atoms with van der Waals surface area (Å²) in [7, 11) is -0.679. The Labute approximate surface area is 282 Å². The van der Waals surface area contributed by atoms with Crippen LogP contribution in [-0.2, 0) is 23.2 Å². The number of hydrogen-bond acceptors (Lipinski definition) is 0. The molecule has 6 bridgehead atoms. The zero-order valence-electron chi connectivity index (χ0n) is 22.2. The molecule has 2 aliphatic carbocycles. The molecule has 5 aromatic carbocycles. The minimum absolute atomic E-state index is 0. The number of allylic oxidation sites excluding steroid dienone is 2. The van der Waals surface area contributed by atoms with Gasteiger partial charge >= 0.3 is 260 Å². The Bertz CT molecular complexity index is 1850. The molecule has 0 saturated carbocycles. The van der Waals surface area contributed by atoms with Crippen LogP contribution in [-0.4, -0.2) is 0 Å². The van der Waals surface area contributed by atoms with Crippen molar-refractivity contribution < 1.29 is 48.0 Å². The van der Waals surface area contributed by atoms with Gasteiger partial charge < -0.3 is 24.8 Å². The predicted octanol–water partition coefficient (Wildman–Crippen LogP) is 2.83. The maximum absolute atomic E-state index is 7.07. The van der Waals surface area contributed by atoms with Crippen molar-refractivity contribution in [3.05, 3.63) is 165 Å². The molecule has 5 aromatic rings. The van der Waals surface area contributed by atoms with Gasteiger partial charge in [0.2, 0.25) is 0 Å². The molecule has 2 heterocycles. The minimum atomic E-state index is -1.22. The van der Waals surface area contributed by atoms with Gasteiger partial charge in [-0.05, 0) is 0 Å². The van der Waals surface area contributed by atoms with Crippen LogP contribution in [0.3, 0.4) is 0 Å². The van der Waals surface area contributed by atoms with Crippen molar-refractivity contribution in [3.63, 3.8) is 0 Å². The van der Waals surface area contributed by atoms with Crippen LogP contribution in [0.25, 0.3) is 12.2 Å². The molecule has 3 unspecified atom stereocenters. The van der Waals surface area contributed by atoms with Crippen molar-refractivity contribution >= 4 is 59.2 Å². The first-order valence-corrected chi connectivity index (χ1v) is 18.0. The summed E-state index contributed by atoms with van der Waals surface area (Å²) < 4.78 is 3.13. The van der Waals surface area contributed by atoms with E-state index in [9.17, 15) is 0 Å². The van der Waals surface area contributed by atoms with Crippen molar-refractivity contribution in [2.75, 3.05) is 0 Å². The standard InChI is InChI=1S/C21H13ClP.C15H10Cl.2ClH.Zr/c22-19-12-13-20-18-11-10-17(21(18)19)14-6-8-16(9-7-14)23(20)15-4-2-1-3-5-15;16-14-8-4-7-12-9-10-13(15(12)14)11-5-2-1-3-6-11;;;/h1-9,11-13,17H;1-9,13H;2*1H;/q;;;;+2/p-2. The summed E-state index contributed by atoms with van der Waals surface area (Å²) in [5.41, 5.74) is 7.86. The molecule has 42 heavy (non-hydrogen) atoms. The maximum atomic E-state index is 7.07. The number of fused-ring (bicyclic) bond motifs is 3. The third kappa shape index (κ3) is 4.92. The van der Waals surface area contributed by atoms with Crippen molar-refractivity contribution in [3.8, 4) is 0 Å². The van der Waals surface area contributed by atoms with Gasteiger partial charge in [-0.1, -0.05) is 0 Å². The Balaban J connectivity index is 0.00000158. The van der Waals surface area contributed by atoms with E-state index < -0.39 is 31.2 Å². The first-order chi connectivity index (χ1) is 19.7. The van der Waals surface area contributed by atoms with Crippen LogP contribution in [0.4, 0.5) is 0 Å². The average molecular weight is 720 g/mol. The SMILES string of the molecule is Clc1cccc2c1C(c1ccccc1)[C]([Zr+2][C]1=Cc3c4ccc(Cl)c3C1c1ccc(cc1)P4c1ccccc1)=C2.[Cl-].[Cl-]. The molecular formula is C36H23Cl4PZr. The molecule has 0 amide bonds. The van der Waals surface area contributed by atoms with Crippen LogP contribution in [0.15, 0.2) is 122 Å². The Morgan fingerprint density at radius 1 is 0.524 bits per heavy atom. The van der Waals surface area contributed by atoms with Crippen LogP contribution in [0, 0.1) is 0 Å². The van der Waals surface area contributed by atoms with Crippen molar-refractivity contribution in [1.29, 1.82) is 0 Å². The van der Waals surface area contributed by atoms with Gasteiger partial charge in [-0.25, -0.2) is 0 Å². The first kappa shape index (κ1) is 30.1. The monoisotopic (exact) mass is 716 g/mol. The second-order valence-corrected chi connectivity index (χ2v) is 17.0. The quantitative estimate of drug-likeness (QED) is 0.251. The molecule has 0 radical (unpaired) electrons. The van der Waals surface area contributed by atoms with E-state index in [0.29, 0.717) is 0 Å². The van der Waals surface area contributed by atoms with E-state index in [0.717, 1.165) is 10.0 Å². The molecule has 6 heteroatoms. The van der Waals surface area contributed by atoms with Gasteiger partial charge in [0, 0.05) is 0 Å². The summed E-state index contributed by atoms with van der Waals surface area (Å²) >= 11 is 12.7. The Hall–Kier alpha value is -1.95. The summed E-state index contributed by atoms with van der Waals surface area (Å²) in [6, 6.07) is 42.1. The van der Waals surface area contributed by atoms with Gasteiger partial charge in [-0.15, -0.1) is 0 Å². The molecule has 3 atom stereocenters. The van der Waals surface area contributed by atoms with E-state index in [2.05, 4.69) is 121 Å². The van der Waals surface area contributed by atoms with Gasteiger partial charge in [-0.3, -0.25) is 0 Å². The van der Waals surface area contributed by atoms with Gasteiger partial charge in [-0.2, -0.15) is 0 Å². The summed E-state index contributed by atoms with van der Waals surface area (Å²) in [5, 5.41) is 5.93. The third-order valence-corrected chi connectivity index (χ3v) is 15.0. The van der Waals surface area contributed by atoms with Crippen molar-refractivity contribution in [2.24, 2.45) is 0 Å². The molecule has 0 aromatic heterocycles. The smallest absolute Gasteiger partial charge is 1.00 e.